The van der Waals surface area contributed by atoms with Gasteiger partial charge in [0.2, 0.25) is 5.91 Å². The lowest BCUT2D eigenvalue weighted by Crippen LogP contribution is -2.53. The second-order valence-corrected chi connectivity index (χ2v) is 4.54. The number of amides is 1. The van der Waals surface area contributed by atoms with E-state index in [1.54, 1.807) is 6.92 Å². The van der Waals surface area contributed by atoms with Crippen molar-refractivity contribution in [3.63, 3.8) is 0 Å². The molecule has 0 radical (unpaired) electrons. The summed E-state index contributed by atoms with van der Waals surface area (Å²) in [5, 5.41) is 28.9. The summed E-state index contributed by atoms with van der Waals surface area (Å²) < 4.78 is 0. The van der Waals surface area contributed by atoms with Gasteiger partial charge in [0.05, 0.1) is 31.5 Å². The average Bonchev–Trinajstić information content (AvgIpc) is 2.44. The Balaban J connectivity index is 4.56. The minimum Gasteiger partial charge on any atom is -0.480 e. The number of carbonyl (C=O) groups excluding carboxylic acids is 1. The molecule has 0 aromatic heterocycles. The molecule has 7 heteroatoms. The van der Waals surface area contributed by atoms with Gasteiger partial charge < -0.3 is 10.0 Å². The zero-order valence-electron chi connectivity index (χ0n) is 11.8. The molecule has 0 spiro atoms. The van der Waals surface area contributed by atoms with Gasteiger partial charge in [0.15, 0.2) is 0 Å². The van der Waals surface area contributed by atoms with Crippen molar-refractivity contribution in [3.05, 3.63) is 0 Å². The third-order valence-corrected chi connectivity index (χ3v) is 3.15. The molecule has 0 saturated carbocycles. The molecule has 2 N–H and O–H groups in total. The van der Waals surface area contributed by atoms with E-state index in [1.807, 2.05) is 12.1 Å². The van der Waals surface area contributed by atoms with E-state index >= 15 is 0 Å². The van der Waals surface area contributed by atoms with Gasteiger partial charge in [-0.3, -0.25) is 14.9 Å². The summed E-state index contributed by atoms with van der Waals surface area (Å²) in [5.74, 6) is -1.33. The van der Waals surface area contributed by atoms with Gasteiger partial charge in [-0.25, -0.2) is 0 Å². The number of carboxylic acids is 1. The number of hydrogen-bond acceptors (Lipinski definition) is 5. The molecule has 110 valence electrons. The average molecular weight is 280 g/mol. The van der Waals surface area contributed by atoms with Crippen molar-refractivity contribution < 1.29 is 14.7 Å². The van der Waals surface area contributed by atoms with Crippen molar-refractivity contribution in [1.82, 2.24) is 10.2 Å². The standard InChI is InChI=1S/C13H20N4O3/c1-3-13(2,12(19)20)16-10-11(18)17(8-4-6-14)9-5-7-15/h16H,3-5,8-10H2,1-2H3,(H,19,20). The van der Waals surface area contributed by atoms with Crippen LogP contribution in [0.1, 0.15) is 33.1 Å². The van der Waals surface area contributed by atoms with E-state index < -0.39 is 11.5 Å². The number of carboxylic acid groups (broad SMARTS) is 1. The summed E-state index contributed by atoms with van der Waals surface area (Å²) >= 11 is 0. The maximum atomic E-state index is 12.0. The van der Waals surface area contributed by atoms with E-state index in [1.165, 1.54) is 11.8 Å². The van der Waals surface area contributed by atoms with Crippen LogP contribution in [0.5, 0.6) is 0 Å². The number of rotatable bonds is 9. The molecule has 0 heterocycles. The Bertz CT molecular complexity index is 406. The Labute approximate surface area is 118 Å². The number of carbonyl (C=O) groups is 2. The zero-order chi connectivity index (χ0) is 15.6. The number of aliphatic carboxylic acids is 1. The number of hydrogen-bond donors (Lipinski definition) is 2. The Kier molecular flexibility index (Phi) is 7.95. The SMILES string of the molecule is CCC(C)(NCC(=O)N(CCC#N)CCC#N)C(=O)O. The third-order valence-electron chi connectivity index (χ3n) is 3.15. The van der Waals surface area contributed by atoms with Crippen molar-refractivity contribution in [1.29, 1.82) is 10.5 Å². The molecule has 0 aliphatic rings. The first-order valence-corrected chi connectivity index (χ1v) is 6.41. The van der Waals surface area contributed by atoms with Crippen molar-refractivity contribution >= 4 is 11.9 Å². The third kappa shape index (κ3) is 5.68. The smallest absolute Gasteiger partial charge is 0.323 e. The molecule has 0 saturated heterocycles. The van der Waals surface area contributed by atoms with Gasteiger partial charge in [0.1, 0.15) is 5.54 Å². The monoisotopic (exact) mass is 280 g/mol. The van der Waals surface area contributed by atoms with Crippen molar-refractivity contribution in [3.8, 4) is 12.1 Å². The molecule has 1 amide bonds. The first-order valence-electron chi connectivity index (χ1n) is 6.41. The molecule has 0 bridgehead atoms. The second kappa shape index (κ2) is 8.89. The lowest BCUT2D eigenvalue weighted by Gasteiger charge is -2.27. The summed E-state index contributed by atoms with van der Waals surface area (Å²) in [6.07, 6.45) is 0.703. The summed E-state index contributed by atoms with van der Waals surface area (Å²) in [7, 11) is 0. The summed E-state index contributed by atoms with van der Waals surface area (Å²) in [6.45, 7) is 3.59. The van der Waals surface area contributed by atoms with Gasteiger partial charge in [-0.05, 0) is 13.3 Å². The topological polar surface area (TPSA) is 117 Å². The number of nitrogens with zero attached hydrogens (tertiary/aromatic N) is 3. The van der Waals surface area contributed by atoms with Crippen LogP contribution >= 0.6 is 0 Å². The molecule has 0 aromatic rings. The van der Waals surface area contributed by atoms with Gasteiger partial charge in [-0.1, -0.05) is 6.92 Å². The fourth-order valence-electron chi connectivity index (χ4n) is 1.47. The maximum absolute atomic E-state index is 12.0. The fraction of sp³-hybridized carbons (Fsp3) is 0.692. The molecule has 7 nitrogen and oxygen atoms in total. The van der Waals surface area contributed by atoms with Crippen LogP contribution < -0.4 is 5.32 Å². The predicted molar refractivity (Wildman–Crippen MR) is 71.4 cm³/mol. The quantitative estimate of drug-likeness (QED) is 0.634. The highest BCUT2D eigenvalue weighted by Crippen LogP contribution is 2.09. The van der Waals surface area contributed by atoms with Crippen molar-refractivity contribution in [2.24, 2.45) is 0 Å². The number of nitriles is 2. The summed E-state index contributed by atoms with van der Waals surface area (Å²) in [5.41, 5.74) is -1.16. The van der Waals surface area contributed by atoms with Gasteiger partial charge in [-0.15, -0.1) is 0 Å². The molecular weight excluding hydrogens is 260 g/mol. The van der Waals surface area contributed by atoms with E-state index in [9.17, 15) is 9.59 Å². The molecule has 0 aromatic carbocycles. The van der Waals surface area contributed by atoms with Crippen LogP contribution in [-0.4, -0.2) is 47.1 Å². The van der Waals surface area contributed by atoms with Crippen LogP contribution in [0.2, 0.25) is 0 Å². The van der Waals surface area contributed by atoms with Crippen LogP contribution in [0.25, 0.3) is 0 Å². The second-order valence-electron chi connectivity index (χ2n) is 4.54. The molecular formula is C13H20N4O3. The van der Waals surface area contributed by atoms with Gasteiger partial charge in [0.25, 0.3) is 0 Å². The minimum absolute atomic E-state index is 0.131. The van der Waals surface area contributed by atoms with Crippen LogP contribution in [0.3, 0.4) is 0 Å². The van der Waals surface area contributed by atoms with Crippen LogP contribution in [0.15, 0.2) is 0 Å². The zero-order valence-corrected chi connectivity index (χ0v) is 11.8. The molecule has 20 heavy (non-hydrogen) atoms. The summed E-state index contributed by atoms with van der Waals surface area (Å²) in [4.78, 5) is 24.5. The Morgan fingerprint density at radius 3 is 2.10 bits per heavy atom. The largest absolute Gasteiger partial charge is 0.480 e. The summed E-state index contributed by atoms with van der Waals surface area (Å²) in [6, 6.07) is 3.88. The molecule has 1 atom stereocenters. The van der Waals surface area contributed by atoms with Crippen LogP contribution in [0.4, 0.5) is 0 Å². The van der Waals surface area contributed by atoms with Crippen molar-refractivity contribution in [2.75, 3.05) is 19.6 Å². The van der Waals surface area contributed by atoms with E-state index in [0.29, 0.717) is 6.42 Å². The first-order chi connectivity index (χ1) is 9.41. The van der Waals surface area contributed by atoms with E-state index in [4.69, 9.17) is 15.6 Å². The van der Waals surface area contributed by atoms with Crippen LogP contribution in [0, 0.1) is 22.7 Å². The highest BCUT2D eigenvalue weighted by atomic mass is 16.4. The molecule has 1 unspecified atom stereocenters. The molecule has 0 fully saturated rings. The normalized spacial score (nSPS) is 12.8. The minimum atomic E-state index is -1.16. The van der Waals surface area contributed by atoms with Crippen molar-refractivity contribution in [2.45, 2.75) is 38.6 Å². The number of nitrogens with one attached hydrogen (secondary N) is 1. The Morgan fingerprint density at radius 1 is 1.25 bits per heavy atom. The Morgan fingerprint density at radius 2 is 1.75 bits per heavy atom. The van der Waals surface area contributed by atoms with Gasteiger partial charge >= 0.3 is 5.97 Å². The lowest BCUT2D eigenvalue weighted by atomic mass is 9.99. The lowest BCUT2D eigenvalue weighted by molar-refractivity contribution is -0.144. The highest BCUT2D eigenvalue weighted by Gasteiger charge is 2.31. The molecule has 0 rings (SSSR count). The molecule has 0 aliphatic heterocycles. The van der Waals surface area contributed by atoms with Gasteiger partial charge in [-0.2, -0.15) is 10.5 Å². The maximum Gasteiger partial charge on any atom is 0.323 e. The van der Waals surface area contributed by atoms with E-state index in [-0.39, 0.29) is 38.4 Å². The van der Waals surface area contributed by atoms with Crippen LogP contribution in [-0.2, 0) is 9.59 Å². The molecule has 0 aliphatic carbocycles. The fourth-order valence-corrected chi connectivity index (χ4v) is 1.47. The predicted octanol–water partition coefficient (Wildman–Crippen LogP) is 0.485. The van der Waals surface area contributed by atoms with E-state index in [0.717, 1.165) is 0 Å². The van der Waals surface area contributed by atoms with E-state index in [2.05, 4.69) is 5.32 Å². The first kappa shape index (κ1) is 17.9. The van der Waals surface area contributed by atoms with Gasteiger partial charge in [0, 0.05) is 13.1 Å². The highest BCUT2D eigenvalue weighted by molar-refractivity contribution is 5.82. The Hall–Kier alpha value is -2.12.